The molecule has 0 spiro atoms. The number of anilines is 1. The third-order valence-corrected chi connectivity index (χ3v) is 4.28. The minimum absolute atomic E-state index is 0.357. The number of hydrogen-bond acceptors (Lipinski definition) is 2. The number of rotatable bonds is 2. The summed E-state index contributed by atoms with van der Waals surface area (Å²) in [5, 5.41) is 3.08. The molecule has 2 nitrogen and oxygen atoms in total. The van der Waals surface area contributed by atoms with Crippen molar-refractivity contribution in [1.29, 1.82) is 0 Å². The molecule has 21 heavy (non-hydrogen) atoms. The molecule has 2 aromatic carbocycles. The number of amides is 1. The van der Waals surface area contributed by atoms with Gasteiger partial charge in [-0.1, -0.05) is 12.1 Å². The SMILES string of the molecule is Cc1ccc(F)cc1NC(=O)c1cc2c(F)cccc2s1. The Bertz CT molecular complexity index is 841. The second kappa shape index (κ2) is 5.26. The Kier molecular flexibility index (Phi) is 3.43. The Morgan fingerprint density at radius 1 is 1.14 bits per heavy atom. The molecule has 106 valence electrons. The molecule has 0 saturated carbocycles. The average molecular weight is 303 g/mol. The molecule has 1 N–H and O–H groups in total. The number of carbonyl (C=O) groups excluding carboxylic acids is 1. The van der Waals surface area contributed by atoms with Gasteiger partial charge in [0.25, 0.3) is 5.91 Å². The summed E-state index contributed by atoms with van der Waals surface area (Å²) in [4.78, 5) is 12.6. The molecule has 0 radical (unpaired) electrons. The number of benzene rings is 2. The summed E-state index contributed by atoms with van der Waals surface area (Å²) in [5.41, 5.74) is 1.18. The molecule has 5 heteroatoms. The normalized spacial score (nSPS) is 10.8. The largest absolute Gasteiger partial charge is 0.321 e. The summed E-state index contributed by atoms with van der Waals surface area (Å²) in [6.07, 6.45) is 0. The first-order valence-electron chi connectivity index (χ1n) is 6.30. The maximum absolute atomic E-state index is 13.6. The van der Waals surface area contributed by atoms with E-state index in [-0.39, 0.29) is 11.7 Å². The zero-order valence-corrected chi connectivity index (χ0v) is 11.9. The summed E-state index contributed by atoms with van der Waals surface area (Å²) in [7, 11) is 0. The first-order valence-corrected chi connectivity index (χ1v) is 7.12. The van der Waals surface area contributed by atoms with Gasteiger partial charge in [0.05, 0.1) is 4.88 Å². The fraction of sp³-hybridized carbons (Fsp3) is 0.0625. The molecule has 0 unspecified atom stereocenters. The van der Waals surface area contributed by atoms with Gasteiger partial charge < -0.3 is 5.32 Å². The molecule has 1 amide bonds. The Labute approximate surface area is 124 Å². The smallest absolute Gasteiger partial charge is 0.265 e. The van der Waals surface area contributed by atoms with Gasteiger partial charge in [-0.15, -0.1) is 11.3 Å². The molecule has 1 heterocycles. The Morgan fingerprint density at radius 3 is 2.71 bits per heavy atom. The third kappa shape index (κ3) is 2.64. The maximum atomic E-state index is 13.6. The van der Waals surface area contributed by atoms with Crippen LogP contribution in [0.15, 0.2) is 42.5 Å². The van der Waals surface area contributed by atoms with Gasteiger partial charge in [0, 0.05) is 15.8 Å². The van der Waals surface area contributed by atoms with Crippen LogP contribution in [0, 0.1) is 18.6 Å². The van der Waals surface area contributed by atoms with Crippen molar-refractivity contribution in [2.24, 2.45) is 0 Å². The van der Waals surface area contributed by atoms with Crippen LogP contribution in [-0.4, -0.2) is 5.91 Å². The molecule has 3 aromatic rings. The van der Waals surface area contributed by atoms with Crippen molar-refractivity contribution in [2.75, 3.05) is 5.32 Å². The summed E-state index contributed by atoms with van der Waals surface area (Å²) in [5.74, 6) is -1.15. The number of nitrogens with one attached hydrogen (secondary N) is 1. The number of hydrogen-bond donors (Lipinski definition) is 1. The van der Waals surface area contributed by atoms with E-state index in [4.69, 9.17) is 0 Å². The maximum Gasteiger partial charge on any atom is 0.265 e. The highest BCUT2D eigenvalue weighted by atomic mass is 32.1. The minimum atomic E-state index is -0.418. The highest BCUT2D eigenvalue weighted by Crippen LogP contribution is 2.28. The molecule has 0 aliphatic heterocycles. The monoisotopic (exact) mass is 303 g/mol. The lowest BCUT2D eigenvalue weighted by molar-refractivity contribution is 0.103. The molecule has 0 bridgehead atoms. The molecule has 0 fully saturated rings. The zero-order chi connectivity index (χ0) is 15.0. The average Bonchev–Trinajstić information content (AvgIpc) is 2.88. The molecule has 3 rings (SSSR count). The van der Waals surface area contributed by atoms with Crippen molar-refractivity contribution in [3.63, 3.8) is 0 Å². The van der Waals surface area contributed by atoms with E-state index in [1.165, 1.54) is 35.6 Å². The van der Waals surface area contributed by atoms with E-state index in [9.17, 15) is 13.6 Å². The Morgan fingerprint density at radius 2 is 1.95 bits per heavy atom. The van der Waals surface area contributed by atoms with Crippen LogP contribution < -0.4 is 5.32 Å². The van der Waals surface area contributed by atoms with E-state index >= 15 is 0 Å². The van der Waals surface area contributed by atoms with Crippen LogP contribution in [0.1, 0.15) is 15.2 Å². The van der Waals surface area contributed by atoms with E-state index in [0.717, 1.165) is 5.56 Å². The number of halogens is 2. The standard InChI is InChI=1S/C16H11F2NOS/c1-9-5-6-10(17)7-13(9)19-16(20)15-8-11-12(18)3-2-4-14(11)21-15/h2-8H,1H3,(H,19,20). The van der Waals surface area contributed by atoms with Crippen LogP contribution in [0.3, 0.4) is 0 Å². The second-order valence-corrected chi connectivity index (χ2v) is 5.76. The Hall–Kier alpha value is -2.27. The van der Waals surface area contributed by atoms with E-state index < -0.39 is 5.82 Å². The van der Waals surface area contributed by atoms with E-state index in [0.29, 0.717) is 20.7 Å². The van der Waals surface area contributed by atoms with Crippen LogP contribution >= 0.6 is 11.3 Å². The van der Waals surface area contributed by atoms with Crippen molar-refractivity contribution in [3.05, 3.63) is 64.5 Å². The first kappa shape index (κ1) is 13.7. The number of thiophene rings is 1. The van der Waals surface area contributed by atoms with Gasteiger partial charge in [0.1, 0.15) is 11.6 Å². The van der Waals surface area contributed by atoms with Gasteiger partial charge in [-0.2, -0.15) is 0 Å². The van der Waals surface area contributed by atoms with Gasteiger partial charge in [-0.05, 0) is 42.8 Å². The highest BCUT2D eigenvalue weighted by molar-refractivity contribution is 7.20. The van der Waals surface area contributed by atoms with Crippen molar-refractivity contribution in [2.45, 2.75) is 6.92 Å². The topological polar surface area (TPSA) is 29.1 Å². The fourth-order valence-corrected chi connectivity index (χ4v) is 3.02. The molecular weight excluding hydrogens is 292 g/mol. The minimum Gasteiger partial charge on any atom is -0.321 e. The second-order valence-electron chi connectivity index (χ2n) is 4.68. The molecule has 0 saturated heterocycles. The van der Waals surface area contributed by atoms with Crippen LogP contribution in [0.5, 0.6) is 0 Å². The predicted octanol–water partition coefficient (Wildman–Crippen LogP) is 4.74. The number of aryl methyl sites for hydroxylation is 1. The highest BCUT2D eigenvalue weighted by Gasteiger charge is 2.13. The van der Waals surface area contributed by atoms with E-state index in [1.807, 2.05) is 0 Å². The lowest BCUT2D eigenvalue weighted by atomic mass is 10.2. The lowest BCUT2D eigenvalue weighted by Gasteiger charge is -2.07. The Balaban J connectivity index is 1.93. The fourth-order valence-electron chi connectivity index (χ4n) is 2.05. The molecule has 1 aromatic heterocycles. The van der Waals surface area contributed by atoms with E-state index in [1.54, 1.807) is 25.1 Å². The van der Waals surface area contributed by atoms with Crippen molar-refractivity contribution < 1.29 is 13.6 Å². The van der Waals surface area contributed by atoms with Gasteiger partial charge >= 0.3 is 0 Å². The third-order valence-electron chi connectivity index (χ3n) is 3.18. The van der Waals surface area contributed by atoms with Crippen LogP contribution in [0.2, 0.25) is 0 Å². The summed E-state index contributed by atoms with van der Waals surface area (Å²) in [6, 6.07) is 10.4. The van der Waals surface area contributed by atoms with Gasteiger partial charge in [0.2, 0.25) is 0 Å². The van der Waals surface area contributed by atoms with Gasteiger partial charge in [-0.25, -0.2) is 8.78 Å². The summed E-state index contributed by atoms with van der Waals surface area (Å²) >= 11 is 1.20. The lowest BCUT2D eigenvalue weighted by Crippen LogP contribution is -2.11. The van der Waals surface area contributed by atoms with Gasteiger partial charge in [0.15, 0.2) is 0 Å². The molecular formula is C16H11F2NOS. The molecule has 0 aliphatic rings. The van der Waals surface area contributed by atoms with Gasteiger partial charge in [-0.3, -0.25) is 4.79 Å². The molecule has 0 aliphatic carbocycles. The quantitative estimate of drug-likeness (QED) is 0.728. The number of carbonyl (C=O) groups is 1. The first-order chi connectivity index (χ1) is 10.0. The summed E-state index contributed by atoms with van der Waals surface area (Å²) < 4.78 is 27.6. The van der Waals surface area contributed by atoms with Crippen LogP contribution in [0.25, 0.3) is 10.1 Å². The van der Waals surface area contributed by atoms with E-state index in [2.05, 4.69) is 5.32 Å². The van der Waals surface area contributed by atoms with Crippen LogP contribution in [0.4, 0.5) is 14.5 Å². The van der Waals surface area contributed by atoms with Crippen molar-refractivity contribution in [3.8, 4) is 0 Å². The van der Waals surface area contributed by atoms with Crippen molar-refractivity contribution >= 4 is 33.0 Å². The van der Waals surface area contributed by atoms with Crippen LogP contribution in [-0.2, 0) is 0 Å². The predicted molar refractivity (Wildman–Crippen MR) is 80.9 cm³/mol. The molecule has 0 atom stereocenters. The summed E-state index contributed by atoms with van der Waals surface area (Å²) in [6.45, 7) is 1.78. The number of fused-ring (bicyclic) bond motifs is 1. The zero-order valence-electron chi connectivity index (χ0n) is 11.1. The van der Waals surface area contributed by atoms with Crippen molar-refractivity contribution in [1.82, 2.24) is 0 Å².